The molecule has 0 radical (unpaired) electrons. The smallest absolute Gasteiger partial charge is 0.338 e. The van der Waals surface area contributed by atoms with Crippen LogP contribution in [0.2, 0.25) is 0 Å². The van der Waals surface area contributed by atoms with E-state index in [-0.39, 0.29) is 0 Å². The molecule has 1 aliphatic carbocycles. The second-order valence-corrected chi connectivity index (χ2v) is 6.27. The molecule has 7 nitrogen and oxygen atoms in total. The van der Waals surface area contributed by atoms with Crippen molar-refractivity contribution in [3.05, 3.63) is 35.9 Å². The second-order valence-electron chi connectivity index (χ2n) is 6.27. The van der Waals surface area contributed by atoms with Gasteiger partial charge in [0.15, 0.2) is 11.9 Å². The zero-order valence-corrected chi connectivity index (χ0v) is 12.8. The van der Waals surface area contributed by atoms with E-state index in [4.69, 9.17) is 14.2 Å². The van der Waals surface area contributed by atoms with E-state index in [1.54, 1.807) is 44.2 Å². The van der Waals surface area contributed by atoms with Crippen molar-refractivity contribution in [3.8, 4) is 0 Å². The highest BCUT2D eigenvalue weighted by Crippen LogP contribution is 2.38. The summed E-state index contributed by atoms with van der Waals surface area (Å²) >= 11 is 0. The molecule has 1 aromatic carbocycles. The van der Waals surface area contributed by atoms with Gasteiger partial charge < -0.3 is 29.5 Å². The molecule has 126 valence electrons. The maximum absolute atomic E-state index is 12.2. The molecular formula is C16H20O7. The molecule has 0 unspecified atom stereocenters. The number of ether oxygens (including phenoxy) is 3. The number of aliphatic hydroxyl groups excluding tert-OH is 3. The molecule has 1 aromatic rings. The molecule has 2 fully saturated rings. The third kappa shape index (κ3) is 2.98. The number of benzene rings is 1. The maximum Gasteiger partial charge on any atom is 0.338 e. The van der Waals surface area contributed by atoms with Crippen molar-refractivity contribution in [3.63, 3.8) is 0 Å². The number of carbonyl (C=O) groups excluding carboxylic acids is 1. The molecule has 1 saturated heterocycles. The lowest BCUT2D eigenvalue weighted by Gasteiger charge is -2.40. The summed E-state index contributed by atoms with van der Waals surface area (Å²) in [5, 5.41) is 30.3. The molecule has 0 aromatic heterocycles. The van der Waals surface area contributed by atoms with Crippen LogP contribution in [0.25, 0.3) is 0 Å². The van der Waals surface area contributed by atoms with Crippen molar-refractivity contribution < 1.29 is 34.3 Å². The number of fused-ring (bicyclic) bond motifs is 1. The standard InChI is InChI=1S/C16H20O7/c1-16(2)22-13-11(19)9(17)10(18)12(14(13)23-16)21-15(20)8-6-4-3-5-7-8/h3-7,9-14,17-19H,1-2H3/t9-,10+,11+,12-,13+,14-/m1/s1. The number of rotatable bonds is 2. The van der Waals surface area contributed by atoms with Crippen molar-refractivity contribution in [1.82, 2.24) is 0 Å². The Labute approximate surface area is 133 Å². The molecule has 6 atom stereocenters. The Bertz CT molecular complexity index is 573. The topological polar surface area (TPSA) is 105 Å². The molecule has 0 bridgehead atoms. The molecule has 3 N–H and O–H groups in total. The number of hydrogen-bond donors (Lipinski definition) is 3. The third-order valence-electron chi connectivity index (χ3n) is 4.11. The minimum atomic E-state index is -1.50. The first kappa shape index (κ1) is 16.4. The molecule has 7 heteroatoms. The molecule has 2 aliphatic rings. The van der Waals surface area contributed by atoms with E-state index in [2.05, 4.69) is 0 Å². The highest BCUT2D eigenvalue weighted by Gasteiger charge is 2.58. The summed E-state index contributed by atoms with van der Waals surface area (Å²) in [6.45, 7) is 3.29. The fraction of sp³-hybridized carbons (Fsp3) is 0.562. The number of carbonyl (C=O) groups is 1. The molecule has 1 saturated carbocycles. The van der Waals surface area contributed by atoms with E-state index < -0.39 is 48.4 Å². The van der Waals surface area contributed by atoms with Crippen LogP contribution in [-0.4, -0.2) is 63.7 Å². The van der Waals surface area contributed by atoms with Crippen LogP contribution in [0.4, 0.5) is 0 Å². The van der Waals surface area contributed by atoms with Crippen LogP contribution in [-0.2, 0) is 14.2 Å². The van der Waals surface area contributed by atoms with Gasteiger partial charge in [-0.15, -0.1) is 0 Å². The van der Waals surface area contributed by atoms with Crippen LogP contribution >= 0.6 is 0 Å². The predicted molar refractivity (Wildman–Crippen MR) is 77.5 cm³/mol. The predicted octanol–water partition coefficient (Wildman–Crippen LogP) is -0.172. The zero-order chi connectivity index (χ0) is 16.8. The normalized spacial score (nSPS) is 38.8. The van der Waals surface area contributed by atoms with Gasteiger partial charge in [0.05, 0.1) is 5.56 Å². The highest BCUT2D eigenvalue weighted by atomic mass is 16.8. The zero-order valence-electron chi connectivity index (χ0n) is 12.8. The highest BCUT2D eigenvalue weighted by molar-refractivity contribution is 5.89. The van der Waals surface area contributed by atoms with Gasteiger partial charge in [0.1, 0.15) is 30.5 Å². The molecule has 1 aliphatic heterocycles. The van der Waals surface area contributed by atoms with E-state index >= 15 is 0 Å². The van der Waals surface area contributed by atoms with Crippen molar-refractivity contribution in [2.75, 3.05) is 0 Å². The van der Waals surface area contributed by atoms with Crippen LogP contribution in [0.1, 0.15) is 24.2 Å². The average Bonchev–Trinajstić information content (AvgIpc) is 2.86. The van der Waals surface area contributed by atoms with Crippen molar-refractivity contribution in [1.29, 1.82) is 0 Å². The quantitative estimate of drug-likeness (QED) is 0.649. The molecule has 0 spiro atoms. The van der Waals surface area contributed by atoms with E-state index in [9.17, 15) is 20.1 Å². The van der Waals surface area contributed by atoms with Gasteiger partial charge in [-0.1, -0.05) is 18.2 Å². The minimum absolute atomic E-state index is 0.315. The van der Waals surface area contributed by atoms with Gasteiger partial charge in [0.2, 0.25) is 0 Å². The van der Waals surface area contributed by atoms with E-state index in [0.29, 0.717) is 5.56 Å². The average molecular weight is 324 g/mol. The Hall–Kier alpha value is -1.51. The fourth-order valence-electron chi connectivity index (χ4n) is 3.02. The largest absolute Gasteiger partial charge is 0.453 e. The summed E-state index contributed by atoms with van der Waals surface area (Å²) in [6.07, 6.45) is -7.21. The fourth-order valence-corrected chi connectivity index (χ4v) is 3.02. The lowest BCUT2D eigenvalue weighted by atomic mass is 9.85. The minimum Gasteiger partial charge on any atom is -0.453 e. The van der Waals surface area contributed by atoms with E-state index in [1.165, 1.54) is 0 Å². The van der Waals surface area contributed by atoms with Crippen LogP contribution in [0, 0.1) is 0 Å². The van der Waals surface area contributed by atoms with Gasteiger partial charge in [-0.2, -0.15) is 0 Å². The van der Waals surface area contributed by atoms with Crippen molar-refractivity contribution >= 4 is 5.97 Å². The Morgan fingerprint density at radius 2 is 1.61 bits per heavy atom. The Morgan fingerprint density at radius 3 is 2.26 bits per heavy atom. The summed E-state index contributed by atoms with van der Waals surface area (Å²) in [6, 6.07) is 8.30. The number of esters is 1. The number of aliphatic hydroxyl groups is 3. The van der Waals surface area contributed by atoms with Crippen LogP contribution in [0.5, 0.6) is 0 Å². The first-order chi connectivity index (χ1) is 10.8. The summed E-state index contributed by atoms with van der Waals surface area (Å²) in [5.74, 6) is -1.66. The maximum atomic E-state index is 12.2. The number of hydrogen-bond acceptors (Lipinski definition) is 7. The summed E-state index contributed by atoms with van der Waals surface area (Å²) in [4.78, 5) is 12.2. The van der Waals surface area contributed by atoms with Crippen LogP contribution < -0.4 is 0 Å². The van der Waals surface area contributed by atoms with Gasteiger partial charge >= 0.3 is 5.97 Å². The van der Waals surface area contributed by atoms with Crippen LogP contribution in [0.15, 0.2) is 30.3 Å². The SMILES string of the molecule is CC1(C)O[C@@H]2[C@H](OC(=O)c3ccccc3)[C@@H](O)[C@@H](O)[C@H](O)[C@@H]2O1. The monoisotopic (exact) mass is 324 g/mol. The van der Waals surface area contributed by atoms with Crippen molar-refractivity contribution in [2.45, 2.75) is 56.3 Å². The van der Waals surface area contributed by atoms with Gasteiger partial charge in [0, 0.05) is 0 Å². The molecule has 0 amide bonds. The molecule has 23 heavy (non-hydrogen) atoms. The molecular weight excluding hydrogens is 304 g/mol. The van der Waals surface area contributed by atoms with Gasteiger partial charge in [-0.05, 0) is 26.0 Å². The first-order valence-electron chi connectivity index (χ1n) is 7.46. The Morgan fingerprint density at radius 1 is 1.00 bits per heavy atom. The summed E-state index contributed by atoms with van der Waals surface area (Å²) in [5.41, 5.74) is 0.315. The Balaban J connectivity index is 1.83. The molecule has 1 heterocycles. The lowest BCUT2D eigenvalue weighted by molar-refractivity contribution is -0.193. The third-order valence-corrected chi connectivity index (χ3v) is 4.11. The Kier molecular flexibility index (Phi) is 4.16. The summed E-state index contributed by atoms with van der Waals surface area (Å²) < 4.78 is 16.6. The van der Waals surface area contributed by atoms with Crippen molar-refractivity contribution in [2.24, 2.45) is 0 Å². The first-order valence-corrected chi connectivity index (χ1v) is 7.46. The van der Waals surface area contributed by atoms with Gasteiger partial charge in [-0.25, -0.2) is 4.79 Å². The lowest BCUT2D eigenvalue weighted by Crippen LogP contribution is -2.63. The van der Waals surface area contributed by atoms with E-state index in [0.717, 1.165) is 0 Å². The van der Waals surface area contributed by atoms with Crippen LogP contribution in [0.3, 0.4) is 0 Å². The second kappa shape index (κ2) is 5.85. The van der Waals surface area contributed by atoms with Gasteiger partial charge in [0.25, 0.3) is 0 Å². The van der Waals surface area contributed by atoms with Gasteiger partial charge in [-0.3, -0.25) is 0 Å². The van der Waals surface area contributed by atoms with E-state index in [1.807, 2.05) is 0 Å². The summed E-state index contributed by atoms with van der Waals surface area (Å²) in [7, 11) is 0. The molecule has 3 rings (SSSR count).